The number of rotatable bonds is 8. The van der Waals surface area contributed by atoms with Crippen molar-refractivity contribution in [1.29, 1.82) is 0 Å². The second-order valence-corrected chi connectivity index (χ2v) is 5.32. The molecule has 3 N–H and O–H groups in total. The number of hydrogen-bond acceptors (Lipinski definition) is 3. The van der Waals surface area contributed by atoms with Gasteiger partial charge in [0, 0.05) is 39.5 Å². The molecule has 0 radical (unpaired) electrons. The largest absolute Gasteiger partial charge is 0.383 e. The summed E-state index contributed by atoms with van der Waals surface area (Å²) in [6.07, 6.45) is 0. The van der Waals surface area contributed by atoms with Crippen molar-refractivity contribution in [2.45, 2.75) is 20.4 Å². The third-order valence-electron chi connectivity index (χ3n) is 2.95. The van der Waals surface area contributed by atoms with E-state index in [1.165, 1.54) is 5.56 Å². The summed E-state index contributed by atoms with van der Waals surface area (Å²) in [6.45, 7) is 7.56. The van der Waals surface area contributed by atoms with Gasteiger partial charge in [-0.1, -0.05) is 26.0 Å². The van der Waals surface area contributed by atoms with Crippen LogP contribution in [0.25, 0.3) is 0 Å². The molecule has 0 atom stereocenters. The lowest BCUT2D eigenvalue weighted by Crippen LogP contribution is -2.38. The fourth-order valence-electron chi connectivity index (χ4n) is 1.75. The van der Waals surface area contributed by atoms with Gasteiger partial charge in [-0.05, 0) is 23.6 Å². The molecular formula is C16H28N4O. The highest BCUT2D eigenvalue weighted by molar-refractivity contribution is 5.79. The Morgan fingerprint density at radius 1 is 1.19 bits per heavy atom. The third-order valence-corrected chi connectivity index (χ3v) is 2.95. The Kier molecular flexibility index (Phi) is 8.28. The predicted octanol–water partition coefficient (Wildman–Crippen LogP) is 2.07. The van der Waals surface area contributed by atoms with Crippen LogP contribution in [0.2, 0.25) is 0 Å². The Bertz CT molecular complexity index is 415. The smallest absolute Gasteiger partial charge is 0.191 e. The predicted molar refractivity (Wildman–Crippen MR) is 89.8 cm³/mol. The van der Waals surface area contributed by atoms with Crippen molar-refractivity contribution in [3.8, 4) is 0 Å². The van der Waals surface area contributed by atoms with E-state index in [0.29, 0.717) is 12.5 Å². The molecule has 5 nitrogen and oxygen atoms in total. The molecular weight excluding hydrogens is 264 g/mol. The maximum Gasteiger partial charge on any atom is 0.191 e. The summed E-state index contributed by atoms with van der Waals surface area (Å²) < 4.78 is 5.01. The van der Waals surface area contributed by atoms with Crippen LogP contribution in [0.3, 0.4) is 0 Å². The van der Waals surface area contributed by atoms with Gasteiger partial charge in [0.05, 0.1) is 6.61 Å². The Balaban J connectivity index is 2.37. The van der Waals surface area contributed by atoms with Crippen molar-refractivity contribution in [2.75, 3.05) is 39.2 Å². The molecule has 118 valence electrons. The molecule has 0 aliphatic heterocycles. The van der Waals surface area contributed by atoms with E-state index >= 15 is 0 Å². The van der Waals surface area contributed by atoms with E-state index in [4.69, 9.17) is 4.74 Å². The van der Waals surface area contributed by atoms with Crippen LogP contribution in [0, 0.1) is 5.92 Å². The molecule has 0 fully saturated rings. The van der Waals surface area contributed by atoms with Gasteiger partial charge < -0.3 is 20.7 Å². The quantitative estimate of drug-likeness (QED) is 0.390. The molecule has 0 bridgehead atoms. The normalized spacial score (nSPS) is 11.6. The molecule has 0 spiro atoms. The van der Waals surface area contributed by atoms with Gasteiger partial charge in [-0.3, -0.25) is 4.99 Å². The topological polar surface area (TPSA) is 57.7 Å². The number of nitrogens with zero attached hydrogens (tertiary/aromatic N) is 1. The molecule has 1 rings (SSSR count). The van der Waals surface area contributed by atoms with E-state index in [-0.39, 0.29) is 0 Å². The number of hydrogen-bond donors (Lipinski definition) is 3. The highest BCUT2D eigenvalue weighted by atomic mass is 16.5. The first-order chi connectivity index (χ1) is 10.2. The maximum atomic E-state index is 5.01. The van der Waals surface area contributed by atoms with Gasteiger partial charge in [0.25, 0.3) is 0 Å². The van der Waals surface area contributed by atoms with E-state index < -0.39 is 0 Å². The third kappa shape index (κ3) is 7.56. The fourth-order valence-corrected chi connectivity index (χ4v) is 1.75. The van der Waals surface area contributed by atoms with Crippen molar-refractivity contribution in [2.24, 2.45) is 10.9 Å². The summed E-state index contributed by atoms with van der Waals surface area (Å²) in [5.41, 5.74) is 2.33. The van der Waals surface area contributed by atoms with Gasteiger partial charge >= 0.3 is 0 Å². The zero-order chi connectivity index (χ0) is 15.5. The number of nitrogens with one attached hydrogen (secondary N) is 3. The minimum atomic E-state index is 0.598. The highest BCUT2D eigenvalue weighted by Crippen LogP contribution is 2.08. The number of aliphatic imine (C=N–C) groups is 1. The molecule has 0 aromatic heterocycles. The number of guanidine groups is 1. The van der Waals surface area contributed by atoms with E-state index in [1.807, 2.05) is 0 Å². The van der Waals surface area contributed by atoms with Crippen molar-refractivity contribution in [3.05, 3.63) is 29.8 Å². The molecule has 0 saturated heterocycles. The molecule has 0 aliphatic rings. The van der Waals surface area contributed by atoms with Crippen LogP contribution >= 0.6 is 0 Å². The van der Waals surface area contributed by atoms with E-state index in [2.05, 4.69) is 59.1 Å². The number of ether oxygens (including phenoxy) is 1. The number of benzene rings is 1. The first kappa shape index (κ1) is 17.3. The average Bonchev–Trinajstić information content (AvgIpc) is 2.49. The summed E-state index contributed by atoms with van der Waals surface area (Å²) in [7, 11) is 3.50. The number of methoxy groups -OCH3 is 1. The van der Waals surface area contributed by atoms with Crippen molar-refractivity contribution >= 4 is 11.6 Å². The standard InChI is InChI=1S/C16H28N4O/c1-13(2)11-19-16(17-3)20-12-14-5-7-15(8-6-14)18-9-10-21-4/h5-8,13,18H,9-12H2,1-4H3,(H2,17,19,20). The van der Waals surface area contributed by atoms with Crippen molar-refractivity contribution in [3.63, 3.8) is 0 Å². The van der Waals surface area contributed by atoms with Crippen LogP contribution in [0.4, 0.5) is 5.69 Å². The summed E-state index contributed by atoms with van der Waals surface area (Å²) in [6, 6.07) is 8.38. The Hall–Kier alpha value is -1.75. The lowest BCUT2D eigenvalue weighted by molar-refractivity contribution is 0.211. The van der Waals surface area contributed by atoms with E-state index in [1.54, 1.807) is 14.2 Å². The second-order valence-electron chi connectivity index (χ2n) is 5.32. The Labute approximate surface area is 128 Å². The van der Waals surface area contributed by atoms with Gasteiger partial charge in [-0.2, -0.15) is 0 Å². The van der Waals surface area contributed by atoms with Gasteiger partial charge in [-0.15, -0.1) is 0 Å². The van der Waals surface area contributed by atoms with E-state index in [0.717, 1.165) is 31.3 Å². The monoisotopic (exact) mass is 292 g/mol. The van der Waals surface area contributed by atoms with Crippen LogP contribution in [-0.2, 0) is 11.3 Å². The van der Waals surface area contributed by atoms with Crippen molar-refractivity contribution in [1.82, 2.24) is 10.6 Å². The molecule has 1 aromatic carbocycles. The summed E-state index contributed by atoms with van der Waals surface area (Å²) in [5.74, 6) is 1.44. The van der Waals surface area contributed by atoms with Crippen LogP contribution in [0.5, 0.6) is 0 Å². The molecule has 0 unspecified atom stereocenters. The van der Waals surface area contributed by atoms with Gasteiger partial charge in [0.15, 0.2) is 5.96 Å². The lowest BCUT2D eigenvalue weighted by Gasteiger charge is -2.13. The molecule has 0 heterocycles. The van der Waals surface area contributed by atoms with Crippen LogP contribution in [0.1, 0.15) is 19.4 Å². The molecule has 21 heavy (non-hydrogen) atoms. The van der Waals surface area contributed by atoms with Crippen LogP contribution < -0.4 is 16.0 Å². The molecule has 0 amide bonds. The van der Waals surface area contributed by atoms with Crippen LogP contribution in [-0.4, -0.2) is 39.8 Å². The molecule has 0 aliphatic carbocycles. The van der Waals surface area contributed by atoms with Gasteiger partial charge in [0.2, 0.25) is 0 Å². The minimum absolute atomic E-state index is 0.598. The molecule has 1 aromatic rings. The first-order valence-electron chi connectivity index (χ1n) is 7.42. The highest BCUT2D eigenvalue weighted by Gasteiger charge is 2.00. The van der Waals surface area contributed by atoms with Crippen LogP contribution in [0.15, 0.2) is 29.3 Å². The molecule has 0 saturated carbocycles. The second kappa shape index (κ2) is 10.0. The lowest BCUT2D eigenvalue weighted by atomic mass is 10.2. The van der Waals surface area contributed by atoms with Crippen molar-refractivity contribution < 1.29 is 4.74 Å². The summed E-state index contributed by atoms with van der Waals surface area (Å²) in [5, 5.41) is 9.91. The molecule has 5 heteroatoms. The van der Waals surface area contributed by atoms with Gasteiger partial charge in [0.1, 0.15) is 0 Å². The average molecular weight is 292 g/mol. The number of anilines is 1. The van der Waals surface area contributed by atoms with E-state index in [9.17, 15) is 0 Å². The SMILES string of the molecule is CN=C(NCc1ccc(NCCOC)cc1)NCC(C)C. The Morgan fingerprint density at radius 3 is 2.48 bits per heavy atom. The minimum Gasteiger partial charge on any atom is -0.383 e. The first-order valence-corrected chi connectivity index (χ1v) is 7.42. The summed E-state index contributed by atoms with van der Waals surface area (Å²) >= 11 is 0. The van der Waals surface area contributed by atoms with Gasteiger partial charge in [-0.25, -0.2) is 0 Å². The zero-order valence-electron chi connectivity index (χ0n) is 13.6. The maximum absolute atomic E-state index is 5.01. The zero-order valence-corrected chi connectivity index (χ0v) is 13.6. The fraction of sp³-hybridized carbons (Fsp3) is 0.562. The Morgan fingerprint density at radius 2 is 1.90 bits per heavy atom. The summed E-state index contributed by atoms with van der Waals surface area (Å²) in [4.78, 5) is 4.21.